The molecule has 1 aromatic carbocycles. The maximum absolute atomic E-state index is 13.0. The van der Waals surface area contributed by atoms with Crippen LogP contribution in [0.3, 0.4) is 0 Å². The number of hydrogen-bond donors (Lipinski definition) is 0. The topological polar surface area (TPSA) is 59.8 Å². The van der Waals surface area contributed by atoms with Crippen LogP contribution in [0, 0.1) is 0 Å². The highest BCUT2D eigenvalue weighted by molar-refractivity contribution is 5.98. The van der Waals surface area contributed by atoms with Crippen LogP contribution in [0.2, 0.25) is 0 Å². The first-order valence-electron chi connectivity index (χ1n) is 9.48. The summed E-state index contributed by atoms with van der Waals surface area (Å²) in [5, 5.41) is 0.590. The summed E-state index contributed by atoms with van der Waals surface area (Å²) in [6.07, 6.45) is 6.04. The number of anilines is 1. The summed E-state index contributed by atoms with van der Waals surface area (Å²) in [5.74, 6) is -0.597. The van der Waals surface area contributed by atoms with E-state index in [0.29, 0.717) is 11.0 Å². The van der Waals surface area contributed by atoms with Crippen molar-refractivity contribution in [3.63, 3.8) is 0 Å². The van der Waals surface area contributed by atoms with Gasteiger partial charge in [0, 0.05) is 20.2 Å². The number of benzene rings is 1. The zero-order valence-electron chi connectivity index (χ0n) is 16.1. The van der Waals surface area contributed by atoms with E-state index in [0.717, 1.165) is 49.8 Å². The van der Waals surface area contributed by atoms with Crippen LogP contribution in [0.25, 0.3) is 11.0 Å². The van der Waals surface area contributed by atoms with E-state index in [9.17, 15) is 9.59 Å². The summed E-state index contributed by atoms with van der Waals surface area (Å²) in [6.45, 7) is 4.10. The largest absolute Gasteiger partial charge is 0.460 e. The predicted octanol–water partition coefficient (Wildman–Crippen LogP) is 3.87. The van der Waals surface area contributed by atoms with Gasteiger partial charge in [0.2, 0.25) is 5.76 Å². The highest BCUT2D eigenvalue weighted by Crippen LogP contribution is 2.39. The van der Waals surface area contributed by atoms with Gasteiger partial charge < -0.3 is 14.1 Å². The number of nitrogens with zero attached hydrogens (tertiary/aromatic N) is 1. The Hall–Kier alpha value is -2.30. The molecule has 1 aliphatic carbocycles. The van der Waals surface area contributed by atoms with Gasteiger partial charge in [-0.2, -0.15) is 0 Å². The normalized spacial score (nSPS) is 13.5. The fourth-order valence-electron chi connectivity index (χ4n) is 4.03. The lowest BCUT2D eigenvalue weighted by atomic mass is 9.83. The van der Waals surface area contributed by atoms with Crippen LogP contribution < -0.4 is 10.3 Å². The van der Waals surface area contributed by atoms with E-state index in [-0.39, 0.29) is 17.8 Å². The van der Waals surface area contributed by atoms with Crippen molar-refractivity contribution < 1.29 is 13.9 Å². The van der Waals surface area contributed by atoms with Crippen LogP contribution in [0.15, 0.2) is 15.3 Å². The molecule has 0 fully saturated rings. The molecule has 0 bridgehead atoms. The van der Waals surface area contributed by atoms with Gasteiger partial charge in [0.25, 0.3) is 0 Å². The Balaban J connectivity index is 2.41. The lowest BCUT2D eigenvalue weighted by Crippen LogP contribution is -2.21. The maximum Gasteiger partial charge on any atom is 0.374 e. The second-order valence-electron chi connectivity index (χ2n) is 7.04. The molecule has 1 heterocycles. The first-order chi connectivity index (χ1) is 12.5. The van der Waals surface area contributed by atoms with Crippen LogP contribution >= 0.6 is 0 Å². The van der Waals surface area contributed by atoms with Crippen molar-refractivity contribution in [2.75, 3.05) is 25.6 Å². The molecule has 0 saturated heterocycles. The van der Waals surface area contributed by atoms with E-state index >= 15 is 0 Å². The zero-order chi connectivity index (χ0) is 18.8. The molecule has 5 heteroatoms. The maximum atomic E-state index is 13.0. The van der Waals surface area contributed by atoms with Crippen LogP contribution in [0.5, 0.6) is 0 Å². The molecule has 0 atom stereocenters. The van der Waals surface area contributed by atoms with Crippen LogP contribution in [-0.4, -0.2) is 26.7 Å². The van der Waals surface area contributed by atoms with E-state index in [1.807, 2.05) is 19.0 Å². The van der Waals surface area contributed by atoms with Crippen molar-refractivity contribution in [1.29, 1.82) is 0 Å². The number of carbonyl (C=O) groups is 1. The predicted molar refractivity (Wildman–Crippen MR) is 103 cm³/mol. The van der Waals surface area contributed by atoms with Gasteiger partial charge >= 0.3 is 5.97 Å². The van der Waals surface area contributed by atoms with Gasteiger partial charge in [0.05, 0.1) is 17.7 Å². The number of ether oxygens (including phenoxy) is 1. The van der Waals surface area contributed by atoms with Crippen molar-refractivity contribution in [2.45, 2.75) is 52.4 Å². The Kier molecular flexibility index (Phi) is 5.35. The minimum Gasteiger partial charge on any atom is -0.460 e. The van der Waals surface area contributed by atoms with E-state index in [1.165, 1.54) is 17.2 Å². The van der Waals surface area contributed by atoms with Gasteiger partial charge in [0.1, 0.15) is 5.58 Å². The van der Waals surface area contributed by atoms with Crippen LogP contribution in [0.4, 0.5) is 5.69 Å². The number of rotatable bonds is 5. The quantitative estimate of drug-likeness (QED) is 0.760. The molecule has 3 rings (SSSR count). The third kappa shape index (κ3) is 3.11. The average Bonchev–Trinajstić information content (AvgIpc) is 2.62. The molecule has 2 aromatic rings. The van der Waals surface area contributed by atoms with Crippen molar-refractivity contribution in [3.8, 4) is 0 Å². The molecule has 0 unspecified atom stereocenters. The first-order valence-corrected chi connectivity index (χ1v) is 9.48. The number of hydrogen-bond acceptors (Lipinski definition) is 5. The molecular formula is C21H27NO4. The zero-order valence-corrected chi connectivity index (χ0v) is 16.1. The van der Waals surface area contributed by atoms with E-state index in [4.69, 9.17) is 9.15 Å². The molecule has 26 heavy (non-hydrogen) atoms. The second kappa shape index (κ2) is 7.52. The number of carbonyl (C=O) groups excluding carboxylic acids is 1. The molecule has 0 saturated carbocycles. The van der Waals surface area contributed by atoms with E-state index in [1.54, 1.807) is 6.92 Å². The molecule has 0 spiro atoms. The van der Waals surface area contributed by atoms with Crippen molar-refractivity contribution in [2.24, 2.45) is 0 Å². The highest BCUT2D eigenvalue weighted by atomic mass is 16.5. The summed E-state index contributed by atoms with van der Waals surface area (Å²) in [4.78, 5) is 27.1. The smallest absolute Gasteiger partial charge is 0.374 e. The summed E-state index contributed by atoms with van der Waals surface area (Å²) >= 11 is 0. The van der Waals surface area contributed by atoms with Gasteiger partial charge in [-0.05, 0) is 55.7 Å². The first kappa shape index (κ1) is 18.5. The van der Waals surface area contributed by atoms with Crippen LogP contribution in [-0.2, 0) is 24.0 Å². The molecule has 0 amide bonds. The minimum atomic E-state index is -0.585. The number of fused-ring (bicyclic) bond motifs is 2. The molecule has 5 nitrogen and oxygen atoms in total. The fraction of sp³-hybridized carbons (Fsp3) is 0.524. The Morgan fingerprint density at radius 2 is 1.88 bits per heavy atom. The van der Waals surface area contributed by atoms with Gasteiger partial charge in [-0.3, -0.25) is 4.79 Å². The monoisotopic (exact) mass is 357 g/mol. The Labute approximate surface area is 153 Å². The Morgan fingerprint density at radius 3 is 2.50 bits per heavy atom. The third-order valence-corrected chi connectivity index (χ3v) is 5.00. The van der Waals surface area contributed by atoms with Crippen molar-refractivity contribution in [3.05, 3.63) is 38.7 Å². The van der Waals surface area contributed by atoms with Gasteiger partial charge in [-0.25, -0.2) is 4.79 Å². The van der Waals surface area contributed by atoms with Crippen LogP contribution in [0.1, 0.15) is 60.4 Å². The lowest BCUT2D eigenvalue weighted by molar-refractivity contribution is 0.0490. The fourth-order valence-corrected chi connectivity index (χ4v) is 4.03. The number of aryl methyl sites for hydroxylation is 1. The summed E-state index contributed by atoms with van der Waals surface area (Å²) in [6, 6.07) is 1.28. The van der Waals surface area contributed by atoms with E-state index in [2.05, 4.69) is 6.92 Å². The SMILES string of the molecule is CCCc1c2c(c(N(C)C)c3c(=O)cc(C(=O)OCC)oc13)CCCC2. The molecule has 0 aliphatic heterocycles. The summed E-state index contributed by atoms with van der Waals surface area (Å²) in [5.41, 5.74) is 4.99. The van der Waals surface area contributed by atoms with Gasteiger partial charge in [-0.15, -0.1) is 0 Å². The lowest BCUT2D eigenvalue weighted by Gasteiger charge is -2.28. The summed E-state index contributed by atoms with van der Waals surface area (Å²) in [7, 11) is 3.92. The van der Waals surface area contributed by atoms with Gasteiger partial charge in [0.15, 0.2) is 5.43 Å². The molecule has 0 radical (unpaired) electrons. The second-order valence-corrected chi connectivity index (χ2v) is 7.04. The molecular weight excluding hydrogens is 330 g/mol. The Morgan fingerprint density at radius 1 is 1.19 bits per heavy atom. The Bertz CT molecular complexity index is 895. The summed E-state index contributed by atoms with van der Waals surface area (Å²) < 4.78 is 11.0. The molecule has 1 aliphatic rings. The minimum absolute atomic E-state index is 0.0119. The third-order valence-electron chi connectivity index (χ3n) is 5.00. The highest BCUT2D eigenvalue weighted by Gasteiger charge is 2.26. The van der Waals surface area contributed by atoms with Crippen molar-refractivity contribution in [1.82, 2.24) is 0 Å². The molecule has 1 aromatic heterocycles. The van der Waals surface area contributed by atoms with Crippen molar-refractivity contribution >= 4 is 22.6 Å². The molecule has 0 N–H and O–H groups in total. The standard InChI is InChI=1S/C21H27NO4/c1-5-9-15-13-10-7-8-11-14(13)19(22(3)4)18-16(23)12-17(26-20(15)18)21(24)25-6-2/h12H,5-11H2,1-4H3. The number of esters is 1. The average molecular weight is 357 g/mol. The van der Waals surface area contributed by atoms with Gasteiger partial charge in [-0.1, -0.05) is 13.3 Å². The molecule has 140 valence electrons. The van der Waals surface area contributed by atoms with E-state index < -0.39 is 5.97 Å².